The Balaban J connectivity index is 2.58. The van der Waals surface area contributed by atoms with Gasteiger partial charge in [-0.25, -0.2) is 0 Å². The summed E-state index contributed by atoms with van der Waals surface area (Å²) in [4.78, 5) is 10.8. The molecule has 0 saturated carbocycles. The van der Waals surface area contributed by atoms with E-state index in [0.29, 0.717) is 5.92 Å². The number of ether oxygens (including phenoxy) is 2. The van der Waals surface area contributed by atoms with E-state index in [1.165, 1.54) is 6.92 Å². The van der Waals surface area contributed by atoms with Crippen LogP contribution in [0.2, 0.25) is 0 Å². The van der Waals surface area contributed by atoms with E-state index in [2.05, 4.69) is 13.8 Å². The zero-order chi connectivity index (χ0) is 10.0. The summed E-state index contributed by atoms with van der Waals surface area (Å²) in [6, 6.07) is 0. The summed E-state index contributed by atoms with van der Waals surface area (Å²) in [7, 11) is 0. The second-order valence-corrected chi connectivity index (χ2v) is 3.72. The molecule has 1 aliphatic rings. The van der Waals surface area contributed by atoms with Crippen molar-refractivity contribution >= 4 is 5.97 Å². The Bertz CT molecular complexity index is 191. The topological polar surface area (TPSA) is 35.5 Å². The third kappa shape index (κ3) is 2.21. The predicted molar refractivity (Wildman–Crippen MR) is 49.3 cm³/mol. The van der Waals surface area contributed by atoms with E-state index in [1.807, 2.05) is 6.92 Å². The van der Waals surface area contributed by atoms with Gasteiger partial charge in [0.1, 0.15) is 6.10 Å². The van der Waals surface area contributed by atoms with Gasteiger partial charge in [-0.1, -0.05) is 13.8 Å². The summed E-state index contributed by atoms with van der Waals surface area (Å²) in [6.07, 6.45) is 1.18. The Kier molecular flexibility index (Phi) is 3.31. The van der Waals surface area contributed by atoms with Crippen molar-refractivity contribution in [1.29, 1.82) is 0 Å². The quantitative estimate of drug-likeness (QED) is 0.616. The average molecular weight is 186 g/mol. The lowest BCUT2D eigenvalue weighted by atomic mass is 9.97. The van der Waals surface area contributed by atoms with Gasteiger partial charge in [-0.3, -0.25) is 4.79 Å². The first-order valence-electron chi connectivity index (χ1n) is 4.89. The van der Waals surface area contributed by atoms with Crippen molar-refractivity contribution in [3.63, 3.8) is 0 Å². The average Bonchev–Trinajstić information content (AvgIpc) is 2.31. The van der Waals surface area contributed by atoms with Crippen molar-refractivity contribution in [2.45, 2.75) is 52.4 Å². The second kappa shape index (κ2) is 4.09. The number of esters is 1. The first-order chi connectivity index (χ1) is 6.06. The smallest absolute Gasteiger partial charge is 0.303 e. The first-order valence-corrected chi connectivity index (χ1v) is 4.89. The molecule has 0 amide bonds. The van der Waals surface area contributed by atoms with Crippen LogP contribution in [0.15, 0.2) is 0 Å². The zero-order valence-corrected chi connectivity index (χ0v) is 8.74. The molecule has 0 spiro atoms. The highest BCUT2D eigenvalue weighted by Crippen LogP contribution is 2.30. The molecule has 3 heteroatoms. The Morgan fingerprint density at radius 2 is 2.08 bits per heavy atom. The molecule has 1 saturated heterocycles. The van der Waals surface area contributed by atoms with Gasteiger partial charge in [-0.05, 0) is 13.3 Å². The highest BCUT2D eigenvalue weighted by atomic mass is 16.6. The summed E-state index contributed by atoms with van der Waals surface area (Å²) in [5.41, 5.74) is 0. The largest absolute Gasteiger partial charge is 0.459 e. The number of hydrogen-bond donors (Lipinski definition) is 0. The fourth-order valence-corrected chi connectivity index (χ4v) is 1.98. The van der Waals surface area contributed by atoms with Gasteiger partial charge in [-0.2, -0.15) is 0 Å². The van der Waals surface area contributed by atoms with Crippen LogP contribution in [0, 0.1) is 5.92 Å². The summed E-state index contributed by atoms with van der Waals surface area (Å²) >= 11 is 0. The standard InChI is InChI=1S/C10H18O3/c1-5-9-6(2)10(7(3)12-9)13-8(4)11/h6-7,9-10H,5H2,1-4H3/t6-,7?,9+,10+/m1/s1. The molecule has 1 fully saturated rings. The van der Waals surface area contributed by atoms with E-state index in [4.69, 9.17) is 9.47 Å². The van der Waals surface area contributed by atoms with Crippen LogP contribution in [0.5, 0.6) is 0 Å². The van der Waals surface area contributed by atoms with Gasteiger partial charge < -0.3 is 9.47 Å². The molecule has 0 radical (unpaired) electrons. The van der Waals surface area contributed by atoms with Crippen molar-refractivity contribution in [3.8, 4) is 0 Å². The van der Waals surface area contributed by atoms with Crippen LogP contribution >= 0.6 is 0 Å². The summed E-state index contributed by atoms with van der Waals surface area (Å²) in [5, 5.41) is 0. The Labute approximate surface area is 79.4 Å². The van der Waals surface area contributed by atoms with Gasteiger partial charge in [0, 0.05) is 12.8 Å². The maximum atomic E-state index is 10.8. The van der Waals surface area contributed by atoms with Crippen LogP contribution in [0.25, 0.3) is 0 Å². The Morgan fingerprint density at radius 1 is 1.46 bits per heavy atom. The van der Waals surface area contributed by atoms with Gasteiger partial charge in [0.05, 0.1) is 12.2 Å². The normalized spacial score (nSPS) is 39.1. The lowest BCUT2D eigenvalue weighted by Crippen LogP contribution is -2.29. The predicted octanol–water partition coefficient (Wildman–Crippen LogP) is 1.75. The third-order valence-corrected chi connectivity index (χ3v) is 2.66. The molecule has 13 heavy (non-hydrogen) atoms. The van der Waals surface area contributed by atoms with Gasteiger partial charge in [0.25, 0.3) is 0 Å². The molecule has 1 heterocycles. The summed E-state index contributed by atoms with van der Waals surface area (Å²) in [6.45, 7) is 7.56. The van der Waals surface area contributed by atoms with Crippen molar-refractivity contribution < 1.29 is 14.3 Å². The molecule has 0 aliphatic carbocycles. The van der Waals surface area contributed by atoms with E-state index < -0.39 is 0 Å². The lowest BCUT2D eigenvalue weighted by Gasteiger charge is -2.18. The molecule has 3 nitrogen and oxygen atoms in total. The molecule has 0 bridgehead atoms. The molecule has 4 atom stereocenters. The van der Waals surface area contributed by atoms with Gasteiger partial charge in [0.15, 0.2) is 0 Å². The van der Waals surface area contributed by atoms with E-state index in [0.717, 1.165) is 6.42 Å². The molecule has 0 aromatic carbocycles. The monoisotopic (exact) mass is 186 g/mol. The van der Waals surface area contributed by atoms with E-state index in [9.17, 15) is 4.79 Å². The molecular formula is C10H18O3. The van der Waals surface area contributed by atoms with E-state index in [-0.39, 0.29) is 24.3 Å². The third-order valence-electron chi connectivity index (χ3n) is 2.66. The number of hydrogen-bond acceptors (Lipinski definition) is 3. The number of carbonyl (C=O) groups is 1. The van der Waals surface area contributed by atoms with Crippen LogP contribution in [-0.2, 0) is 14.3 Å². The highest BCUT2D eigenvalue weighted by Gasteiger charge is 2.40. The van der Waals surface area contributed by atoms with Crippen molar-refractivity contribution in [1.82, 2.24) is 0 Å². The van der Waals surface area contributed by atoms with Crippen LogP contribution in [-0.4, -0.2) is 24.3 Å². The van der Waals surface area contributed by atoms with Gasteiger partial charge in [0.2, 0.25) is 0 Å². The van der Waals surface area contributed by atoms with Crippen LogP contribution in [0.1, 0.15) is 34.1 Å². The van der Waals surface area contributed by atoms with Crippen molar-refractivity contribution in [2.24, 2.45) is 5.92 Å². The lowest BCUT2D eigenvalue weighted by molar-refractivity contribution is -0.150. The fourth-order valence-electron chi connectivity index (χ4n) is 1.98. The SMILES string of the molecule is CC[C@@H]1OC(C)[C@@H](OC(C)=O)[C@@H]1C. The molecule has 76 valence electrons. The van der Waals surface area contributed by atoms with Gasteiger partial charge in [-0.15, -0.1) is 0 Å². The molecule has 0 aromatic heterocycles. The fraction of sp³-hybridized carbons (Fsp3) is 0.900. The minimum Gasteiger partial charge on any atom is -0.459 e. The second-order valence-electron chi connectivity index (χ2n) is 3.72. The highest BCUT2D eigenvalue weighted by molar-refractivity contribution is 5.66. The minimum absolute atomic E-state index is 0.0313. The number of rotatable bonds is 2. The summed E-state index contributed by atoms with van der Waals surface area (Å²) < 4.78 is 10.9. The molecule has 0 N–H and O–H groups in total. The zero-order valence-electron chi connectivity index (χ0n) is 8.74. The molecule has 1 unspecified atom stereocenters. The van der Waals surface area contributed by atoms with E-state index in [1.54, 1.807) is 0 Å². The maximum Gasteiger partial charge on any atom is 0.303 e. The molecule has 1 aliphatic heterocycles. The molecular weight excluding hydrogens is 168 g/mol. The van der Waals surface area contributed by atoms with Crippen LogP contribution in [0.3, 0.4) is 0 Å². The van der Waals surface area contributed by atoms with Crippen molar-refractivity contribution in [3.05, 3.63) is 0 Å². The molecule has 1 rings (SSSR count). The minimum atomic E-state index is -0.218. The first kappa shape index (κ1) is 10.5. The van der Waals surface area contributed by atoms with Crippen LogP contribution < -0.4 is 0 Å². The Morgan fingerprint density at radius 3 is 2.46 bits per heavy atom. The number of carbonyl (C=O) groups excluding carboxylic acids is 1. The van der Waals surface area contributed by atoms with Crippen molar-refractivity contribution in [2.75, 3.05) is 0 Å². The molecule has 0 aromatic rings. The summed E-state index contributed by atoms with van der Waals surface area (Å²) in [5.74, 6) is 0.0907. The maximum absolute atomic E-state index is 10.8. The van der Waals surface area contributed by atoms with E-state index >= 15 is 0 Å². The Hall–Kier alpha value is -0.570. The van der Waals surface area contributed by atoms with Gasteiger partial charge >= 0.3 is 5.97 Å². The van der Waals surface area contributed by atoms with Crippen LogP contribution in [0.4, 0.5) is 0 Å².